The molecular formula is C10H16N2O2. The quantitative estimate of drug-likeness (QED) is 0.771. The van der Waals surface area contributed by atoms with Gasteiger partial charge in [0.25, 0.3) is 0 Å². The third-order valence-electron chi connectivity index (χ3n) is 2.21. The number of aliphatic hydroxyl groups excluding tert-OH is 1. The lowest BCUT2D eigenvalue weighted by molar-refractivity contribution is 0.0849. The van der Waals surface area contributed by atoms with Crippen molar-refractivity contribution in [3.05, 3.63) is 24.3 Å². The van der Waals surface area contributed by atoms with Crippen molar-refractivity contribution in [3.63, 3.8) is 0 Å². The summed E-state index contributed by atoms with van der Waals surface area (Å²) in [5.41, 5.74) is 0.760. The highest BCUT2D eigenvalue weighted by molar-refractivity contribution is 5.06. The average molecular weight is 196 g/mol. The first-order valence-electron chi connectivity index (χ1n) is 4.69. The molecule has 1 N–H and O–H groups in total. The van der Waals surface area contributed by atoms with E-state index in [1.54, 1.807) is 19.5 Å². The van der Waals surface area contributed by atoms with Gasteiger partial charge in [-0.2, -0.15) is 0 Å². The molecule has 0 aliphatic carbocycles. The molecule has 0 radical (unpaired) electrons. The van der Waals surface area contributed by atoms with Crippen LogP contribution in [0.3, 0.4) is 0 Å². The highest BCUT2D eigenvalue weighted by Crippen LogP contribution is 2.17. The van der Waals surface area contributed by atoms with Gasteiger partial charge in [0.05, 0.1) is 12.2 Å². The Bertz CT molecular complexity index is 254. The lowest BCUT2D eigenvalue weighted by Gasteiger charge is -2.13. The van der Waals surface area contributed by atoms with E-state index >= 15 is 0 Å². The Labute approximate surface area is 84.0 Å². The van der Waals surface area contributed by atoms with Crippen LogP contribution in [0, 0.1) is 0 Å². The van der Waals surface area contributed by atoms with Crippen LogP contribution < -0.4 is 0 Å². The fourth-order valence-electron chi connectivity index (χ4n) is 1.16. The molecule has 0 aliphatic heterocycles. The molecule has 0 amide bonds. The minimum atomic E-state index is -0.492. The van der Waals surface area contributed by atoms with Crippen molar-refractivity contribution in [1.82, 2.24) is 9.97 Å². The number of hydrogen-bond acceptors (Lipinski definition) is 4. The number of hydrogen-bond donors (Lipinski definition) is 1. The van der Waals surface area contributed by atoms with Crippen molar-refractivity contribution in [2.24, 2.45) is 0 Å². The Morgan fingerprint density at radius 2 is 2.00 bits per heavy atom. The molecule has 0 bridgehead atoms. The summed E-state index contributed by atoms with van der Waals surface area (Å²) in [7, 11) is 1.67. The van der Waals surface area contributed by atoms with Gasteiger partial charge in [-0.05, 0) is 19.8 Å². The second-order valence-electron chi connectivity index (χ2n) is 3.31. The van der Waals surface area contributed by atoms with Crippen LogP contribution in [0.2, 0.25) is 0 Å². The van der Waals surface area contributed by atoms with E-state index in [0.29, 0.717) is 6.42 Å². The van der Waals surface area contributed by atoms with Crippen LogP contribution in [0.25, 0.3) is 0 Å². The van der Waals surface area contributed by atoms with E-state index in [-0.39, 0.29) is 6.10 Å². The Hall–Kier alpha value is -1.00. The highest BCUT2D eigenvalue weighted by atomic mass is 16.5. The molecule has 0 spiro atoms. The second kappa shape index (κ2) is 5.67. The van der Waals surface area contributed by atoms with Gasteiger partial charge in [-0.15, -0.1) is 0 Å². The molecule has 4 nitrogen and oxygen atoms in total. The third-order valence-corrected chi connectivity index (χ3v) is 2.21. The second-order valence-corrected chi connectivity index (χ2v) is 3.31. The maximum absolute atomic E-state index is 9.73. The monoisotopic (exact) mass is 196 g/mol. The number of nitrogens with zero attached hydrogens (tertiary/aromatic N) is 2. The minimum Gasteiger partial charge on any atom is -0.388 e. The van der Waals surface area contributed by atoms with Gasteiger partial charge in [0.1, 0.15) is 6.33 Å². The van der Waals surface area contributed by atoms with Gasteiger partial charge in [-0.1, -0.05) is 0 Å². The summed E-state index contributed by atoms with van der Waals surface area (Å²) in [6.07, 6.45) is 5.90. The van der Waals surface area contributed by atoms with Gasteiger partial charge in [0.15, 0.2) is 0 Å². The van der Waals surface area contributed by atoms with Crippen LogP contribution in [-0.2, 0) is 4.74 Å². The molecular weight excluding hydrogens is 180 g/mol. The molecule has 0 saturated heterocycles. The van der Waals surface area contributed by atoms with Gasteiger partial charge in [-0.25, -0.2) is 9.97 Å². The van der Waals surface area contributed by atoms with Crippen molar-refractivity contribution >= 4 is 0 Å². The largest absolute Gasteiger partial charge is 0.388 e. The van der Waals surface area contributed by atoms with Crippen LogP contribution in [0.4, 0.5) is 0 Å². The van der Waals surface area contributed by atoms with Crippen LogP contribution in [-0.4, -0.2) is 28.3 Å². The van der Waals surface area contributed by atoms with Crippen molar-refractivity contribution in [2.75, 3.05) is 7.11 Å². The van der Waals surface area contributed by atoms with Gasteiger partial charge >= 0.3 is 0 Å². The molecule has 0 aromatic carbocycles. The molecule has 14 heavy (non-hydrogen) atoms. The molecule has 78 valence electrons. The van der Waals surface area contributed by atoms with Gasteiger partial charge in [0, 0.05) is 25.1 Å². The normalized spacial score (nSPS) is 15.1. The molecule has 1 rings (SSSR count). The van der Waals surface area contributed by atoms with E-state index in [0.717, 1.165) is 12.0 Å². The summed E-state index contributed by atoms with van der Waals surface area (Å²) in [5, 5.41) is 9.73. The lowest BCUT2D eigenvalue weighted by Crippen LogP contribution is -2.08. The standard InChI is InChI=1S/C10H16N2O2/c1-8(14-2)3-4-10(13)9-5-11-7-12-6-9/h5-8,10,13H,3-4H2,1-2H3. The molecule has 1 aromatic rings. The van der Waals surface area contributed by atoms with Crippen molar-refractivity contribution < 1.29 is 9.84 Å². The predicted molar refractivity (Wildman–Crippen MR) is 52.7 cm³/mol. The van der Waals surface area contributed by atoms with Crippen molar-refractivity contribution in [2.45, 2.75) is 32.0 Å². The number of ether oxygens (including phenoxy) is 1. The first-order valence-corrected chi connectivity index (χ1v) is 4.69. The summed E-state index contributed by atoms with van der Waals surface area (Å²) in [4.78, 5) is 7.70. The Balaban J connectivity index is 2.39. The molecule has 0 fully saturated rings. The summed E-state index contributed by atoms with van der Waals surface area (Å²) >= 11 is 0. The fourth-order valence-corrected chi connectivity index (χ4v) is 1.16. The van der Waals surface area contributed by atoms with Gasteiger partial charge in [0.2, 0.25) is 0 Å². The molecule has 2 unspecified atom stereocenters. The Morgan fingerprint density at radius 3 is 2.57 bits per heavy atom. The molecule has 2 atom stereocenters. The SMILES string of the molecule is COC(C)CCC(O)c1cncnc1. The summed E-state index contributed by atoms with van der Waals surface area (Å²) in [6.45, 7) is 1.98. The predicted octanol–water partition coefficient (Wildman–Crippen LogP) is 1.33. The Morgan fingerprint density at radius 1 is 1.36 bits per heavy atom. The van der Waals surface area contributed by atoms with E-state index in [4.69, 9.17) is 4.74 Å². The molecule has 0 saturated carbocycles. The van der Waals surface area contributed by atoms with Crippen LogP contribution >= 0.6 is 0 Å². The molecule has 0 aliphatic rings. The number of rotatable bonds is 5. The lowest BCUT2D eigenvalue weighted by atomic mass is 10.1. The summed E-state index contributed by atoms with van der Waals surface area (Å²) < 4.78 is 5.09. The zero-order valence-corrected chi connectivity index (χ0v) is 8.55. The minimum absolute atomic E-state index is 0.175. The van der Waals surface area contributed by atoms with Gasteiger partial charge < -0.3 is 9.84 Å². The van der Waals surface area contributed by atoms with Crippen molar-refractivity contribution in [1.29, 1.82) is 0 Å². The topological polar surface area (TPSA) is 55.2 Å². The number of methoxy groups -OCH3 is 1. The highest BCUT2D eigenvalue weighted by Gasteiger charge is 2.09. The average Bonchev–Trinajstić information content (AvgIpc) is 2.26. The third kappa shape index (κ3) is 3.40. The maximum atomic E-state index is 9.73. The van der Waals surface area contributed by atoms with Gasteiger partial charge in [-0.3, -0.25) is 0 Å². The number of aliphatic hydroxyl groups is 1. The molecule has 1 heterocycles. The van der Waals surface area contributed by atoms with E-state index in [1.165, 1.54) is 6.33 Å². The summed E-state index contributed by atoms with van der Waals surface area (Å²) in [5.74, 6) is 0. The van der Waals surface area contributed by atoms with Crippen LogP contribution in [0.1, 0.15) is 31.4 Å². The van der Waals surface area contributed by atoms with E-state index < -0.39 is 6.10 Å². The first kappa shape index (κ1) is 11.1. The maximum Gasteiger partial charge on any atom is 0.115 e. The zero-order valence-electron chi connectivity index (χ0n) is 8.55. The molecule has 4 heteroatoms. The number of aromatic nitrogens is 2. The smallest absolute Gasteiger partial charge is 0.115 e. The van der Waals surface area contributed by atoms with Crippen LogP contribution in [0.5, 0.6) is 0 Å². The van der Waals surface area contributed by atoms with Crippen LogP contribution in [0.15, 0.2) is 18.7 Å². The zero-order chi connectivity index (χ0) is 10.4. The van der Waals surface area contributed by atoms with E-state index in [9.17, 15) is 5.11 Å². The fraction of sp³-hybridized carbons (Fsp3) is 0.600. The van der Waals surface area contributed by atoms with Crippen molar-refractivity contribution in [3.8, 4) is 0 Å². The molecule has 1 aromatic heterocycles. The summed E-state index contributed by atoms with van der Waals surface area (Å²) in [6, 6.07) is 0. The Kier molecular flexibility index (Phi) is 4.49. The van der Waals surface area contributed by atoms with E-state index in [2.05, 4.69) is 9.97 Å². The van der Waals surface area contributed by atoms with E-state index in [1.807, 2.05) is 6.92 Å². The first-order chi connectivity index (χ1) is 6.74.